The second kappa shape index (κ2) is 6.60. The van der Waals surface area contributed by atoms with Crippen molar-refractivity contribution in [2.24, 2.45) is 5.92 Å². The van der Waals surface area contributed by atoms with Crippen LogP contribution in [0.1, 0.15) is 45.4 Å². The van der Waals surface area contributed by atoms with Crippen LogP contribution in [-0.4, -0.2) is 35.2 Å². The van der Waals surface area contributed by atoms with Gasteiger partial charge in [0.1, 0.15) is 11.4 Å². The van der Waals surface area contributed by atoms with Crippen LogP contribution in [0.4, 0.5) is 4.79 Å². The standard InChI is InChI=1S/C18H26N2O3/c1-12-7-8-15(14-9-16(22-6)13(2)19-10-14)20(11-12)17(21)23-18(3,4)5/h8-10,12H,7,11H2,1-6H3/t12-/m0/s1. The van der Waals surface area contributed by atoms with E-state index in [1.807, 2.05) is 33.8 Å². The predicted molar refractivity (Wildman–Crippen MR) is 90.2 cm³/mol. The highest BCUT2D eigenvalue weighted by atomic mass is 16.6. The molecule has 0 radical (unpaired) electrons. The van der Waals surface area contributed by atoms with Gasteiger partial charge in [-0.1, -0.05) is 13.0 Å². The first-order chi connectivity index (χ1) is 10.7. The van der Waals surface area contributed by atoms with Crippen LogP contribution in [0.5, 0.6) is 5.75 Å². The molecule has 0 saturated heterocycles. The summed E-state index contributed by atoms with van der Waals surface area (Å²) in [4.78, 5) is 18.6. The molecule has 5 nitrogen and oxygen atoms in total. The number of carbonyl (C=O) groups is 1. The molecule has 0 saturated carbocycles. The third-order valence-corrected chi connectivity index (χ3v) is 3.67. The van der Waals surface area contributed by atoms with E-state index >= 15 is 0 Å². The molecule has 0 bridgehead atoms. The molecule has 1 aliphatic heterocycles. The Balaban J connectivity index is 2.35. The Morgan fingerprint density at radius 2 is 2.09 bits per heavy atom. The molecule has 23 heavy (non-hydrogen) atoms. The average Bonchev–Trinajstić information content (AvgIpc) is 2.46. The molecular weight excluding hydrogens is 292 g/mol. The second-order valence-corrected chi connectivity index (χ2v) is 7.03. The Labute approximate surface area is 138 Å². The fraction of sp³-hybridized carbons (Fsp3) is 0.556. The van der Waals surface area contributed by atoms with Crippen LogP contribution in [0.25, 0.3) is 5.70 Å². The van der Waals surface area contributed by atoms with Gasteiger partial charge in [0.25, 0.3) is 0 Å². The molecule has 1 aliphatic rings. The molecule has 1 aromatic heterocycles. The first-order valence-electron chi connectivity index (χ1n) is 7.93. The molecular formula is C18H26N2O3. The number of rotatable bonds is 2. The molecule has 2 rings (SSSR count). The van der Waals surface area contributed by atoms with Crippen molar-refractivity contribution in [3.05, 3.63) is 29.6 Å². The Morgan fingerprint density at radius 3 is 2.70 bits per heavy atom. The number of aromatic nitrogens is 1. The van der Waals surface area contributed by atoms with Crippen LogP contribution in [0.3, 0.4) is 0 Å². The molecule has 0 aromatic carbocycles. The van der Waals surface area contributed by atoms with Crippen LogP contribution in [0.2, 0.25) is 0 Å². The van der Waals surface area contributed by atoms with Gasteiger partial charge in [0.2, 0.25) is 0 Å². The van der Waals surface area contributed by atoms with Gasteiger partial charge in [-0.15, -0.1) is 0 Å². The van der Waals surface area contributed by atoms with Crippen molar-refractivity contribution >= 4 is 11.8 Å². The Hall–Kier alpha value is -2.04. The minimum Gasteiger partial charge on any atom is -0.495 e. The van der Waals surface area contributed by atoms with E-state index in [4.69, 9.17) is 9.47 Å². The molecule has 0 fully saturated rings. The zero-order chi connectivity index (χ0) is 17.2. The third kappa shape index (κ3) is 4.24. The van der Waals surface area contributed by atoms with Crippen molar-refractivity contribution in [2.75, 3.05) is 13.7 Å². The molecule has 126 valence electrons. The monoisotopic (exact) mass is 318 g/mol. The van der Waals surface area contributed by atoms with Crippen LogP contribution in [-0.2, 0) is 4.74 Å². The summed E-state index contributed by atoms with van der Waals surface area (Å²) in [5, 5.41) is 0. The van der Waals surface area contributed by atoms with Gasteiger partial charge < -0.3 is 9.47 Å². The Bertz CT molecular complexity index is 617. The van der Waals surface area contributed by atoms with Crippen molar-refractivity contribution in [1.29, 1.82) is 0 Å². The van der Waals surface area contributed by atoms with E-state index < -0.39 is 5.60 Å². The zero-order valence-electron chi connectivity index (χ0n) is 14.8. The van der Waals surface area contributed by atoms with E-state index in [-0.39, 0.29) is 6.09 Å². The fourth-order valence-corrected chi connectivity index (χ4v) is 2.53. The predicted octanol–water partition coefficient (Wildman–Crippen LogP) is 4.02. The first-order valence-corrected chi connectivity index (χ1v) is 7.93. The van der Waals surface area contributed by atoms with Crippen LogP contribution in [0, 0.1) is 12.8 Å². The van der Waals surface area contributed by atoms with E-state index in [0.29, 0.717) is 18.2 Å². The SMILES string of the molecule is COc1cc(C2=CC[C@H](C)CN2C(=O)OC(C)(C)C)cnc1C. The first kappa shape index (κ1) is 17.3. The van der Waals surface area contributed by atoms with Crippen molar-refractivity contribution in [3.8, 4) is 5.75 Å². The van der Waals surface area contributed by atoms with Crippen LogP contribution < -0.4 is 4.74 Å². The van der Waals surface area contributed by atoms with Crippen LogP contribution in [0.15, 0.2) is 18.3 Å². The lowest BCUT2D eigenvalue weighted by Crippen LogP contribution is -2.39. The summed E-state index contributed by atoms with van der Waals surface area (Å²) in [6.07, 6.45) is 4.45. The summed E-state index contributed by atoms with van der Waals surface area (Å²) >= 11 is 0. The Kier molecular flexibility index (Phi) is 4.97. The number of amides is 1. The topological polar surface area (TPSA) is 51.7 Å². The van der Waals surface area contributed by atoms with Crippen molar-refractivity contribution < 1.29 is 14.3 Å². The molecule has 1 aromatic rings. The largest absolute Gasteiger partial charge is 0.495 e. The number of carbonyl (C=O) groups excluding carboxylic acids is 1. The molecule has 0 spiro atoms. The summed E-state index contributed by atoms with van der Waals surface area (Å²) in [7, 11) is 1.62. The lowest BCUT2D eigenvalue weighted by atomic mass is 9.99. The number of ether oxygens (including phenoxy) is 2. The lowest BCUT2D eigenvalue weighted by molar-refractivity contribution is 0.0327. The highest BCUT2D eigenvalue weighted by Crippen LogP contribution is 2.31. The van der Waals surface area contributed by atoms with Gasteiger partial charge in [-0.05, 0) is 46.1 Å². The van der Waals surface area contributed by atoms with Crippen LogP contribution >= 0.6 is 0 Å². The van der Waals surface area contributed by atoms with E-state index in [9.17, 15) is 4.79 Å². The molecule has 0 aliphatic carbocycles. The summed E-state index contributed by atoms with van der Waals surface area (Å²) in [6, 6.07) is 1.92. The highest BCUT2D eigenvalue weighted by Gasteiger charge is 2.29. The highest BCUT2D eigenvalue weighted by molar-refractivity contribution is 5.83. The van der Waals surface area contributed by atoms with Gasteiger partial charge in [-0.3, -0.25) is 9.88 Å². The number of hydrogen-bond acceptors (Lipinski definition) is 4. The van der Waals surface area contributed by atoms with Gasteiger partial charge in [0, 0.05) is 18.3 Å². The van der Waals surface area contributed by atoms with Gasteiger partial charge in [0.05, 0.1) is 18.5 Å². The lowest BCUT2D eigenvalue weighted by Gasteiger charge is -2.33. The van der Waals surface area contributed by atoms with E-state index in [1.165, 1.54) is 0 Å². The quantitative estimate of drug-likeness (QED) is 0.826. The number of hydrogen-bond donors (Lipinski definition) is 0. The number of nitrogens with zero attached hydrogens (tertiary/aromatic N) is 2. The molecule has 1 atom stereocenters. The number of pyridine rings is 1. The minimum absolute atomic E-state index is 0.324. The van der Waals surface area contributed by atoms with Crippen molar-refractivity contribution in [3.63, 3.8) is 0 Å². The van der Waals surface area contributed by atoms with E-state index in [2.05, 4.69) is 18.0 Å². The number of allylic oxidation sites excluding steroid dienone is 1. The van der Waals surface area contributed by atoms with Gasteiger partial charge >= 0.3 is 6.09 Å². The van der Waals surface area contributed by atoms with Crippen molar-refractivity contribution in [2.45, 2.75) is 46.6 Å². The third-order valence-electron chi connectivity index (χ3n) is 3.67. The van der Waals surface area contributed by atoms with Gasteiger partial charge in [-0.25, -0.2) is 4.79 Å². The minimum atomic E-state index is -0.522. The van der Waals surface area contributed by atoms with E-state index in [1.54, 1.807) is 18.2 Å². The normalized spacial score (nSPS) is 18.4. The van der Waals surface area contributed by atoms with Gasteiger partial charge in [0.15, 0.2) is 0 Å². The molecule has 0 unspecified atom stereocenters. The fourth-order valence-electron chi connectivity index (χ4n) is 2.53. The van der Waals surface area contributed by atoms with Crippen molar-refractivity contribution in [1.82, 2.24) is 9.88 Å². The number of methoxy groups -OCH3 is 1. The summed E-state index contributed by atoms with van der Waals surface area (Å²) in [6.45, 7) is 10.3. The average molecular weight is 318 g/mol. The smallest absolute Gasteiger partial charge is 0.414 e. The van der Waals surface area contributed by atoms with Gasteiger partial charge in [-0.2, -0.15) is 0 Å². The van der Waals surface area contributed by atoms with E-state index in [0.717, 1.165) is 23.4 Å². The molecule has 0 N–H and O–H groups in total. The summed E-state index contributed by atoms with van der Waals surface area (Å²) < 4.78 is 10.9. The number of aryl methyl sites for hydroxylation is 1. The molecule has 2 heterocycles. The maximum Gasteiger partial charge on any atom is 0.414 e. The zero-order valence-corrected chi connectivity index (χ0v) is 14.8. The molecule has 5 heteroatoms. The maximum absolute atomic E-state index is 12.6. The Morgan fingerprint density at radius 1 is 1.39 bits per heavy atom. The second-order valence-electron chi connectivity index (χ2n) is 7.03. The molecule has 1 amide bonds. The summed E-state index contributed by atoms with van der Waals surface area (Å²) in [5.41, 5.74) is 2.00. The maximum atomic E-state index is 12.6. The summed E-state index contributed by atoms with van der Waals surface area (Å²) in [5.74, 6) is 1.11.